The maximum atomic E-state index is 12.1. The Morgan fingerprint density at radius 2 is 1.81 bits per heavy atom. The van der Waals surface area contributed by atoms with Crippen molar-refractivity contribution in [2.45, 2.75) is 32.1 Å². The molecule has 5 nitrogen and oxygen atoms in total. The van der Waals surface area contributed by atoms with Crippen LogP contribution in [-0.4, -0.2) is 36.5 Å². The van der Waals surface area contributed by atoms with Crippen LogP contribution in [0.4, 0.5) is 10.5 Å². The number of nitrogens with one attached hydrogen (secondary N) is 2. The molecule has 2 heterocycles. The average Bonchev–Trinajstić information content (AvgIpc) is 3.35. The van der Waals surface area contributed by atoms with Gasteiger partial charge in [0.25, 0.3) is 0 Å². The van der Waals surface area contributed by atoms with Gasteiger partial charge in [0.15, 0.2) is 0 Å². The van der Waals surface area contributed by atoms with Gasteiger partial charge in [-0.3, -0.25) is 4.79 Å². The minimum atomic E-state index is -0.196. The molecule has 6 heteroatoms. The van der Waals surface area contributed by atoms with E-state index in [4.69, 9.17) is 0 Å². The first-order chi connectivity index (χ1) is 12.7. The average molecular weight is 372 g/mol. The van der Waals surface area contributed by atoms with Crippen LogP contribution in [0.5, 0.6) is 0 Å². The Balaban J connectivity index is 1.37. The maximum absolute atomic E-state index is 12.1. The highest BCUT2D eigenvalue weighted by molar-refractivity contribution is 7.09. The van der Waals surface area contributed by atoms with Crippen LogP contribution in [0.1, 0.15) is 29.7 Å². The number of rotatable bonds is 7. The van der Waals surface area contributed by atoms with Crippen LogP contribution in [0.3, 0.4) is 0 Å². The smallest absolute Gasteiger partial charge is 0.319 e. The van der Waals surface area contributed by atoms with E-state index in [9.17, 15) is 9.59 Å². The van der Waals surface area contributed by atoms with Crippen LogP contribution < -0.4 is 10.6 Å². The van der Waals surface area contributed by atoms with E-state index in [1.807, 2.05) is 40.6 Å². The molecule has 1 aromatic carbocycles. The zero-order valence-corrected chi connectivity index (χ0v) is 15.7. The van der Waals surface area contributed by atoms with E-state index < -0.39 is 0 Å². The van der Waals surface area contributed by atoms with Crippen molar-refractivity contribution in [2.24, 2.45) is 0 Å². The van der Waals surface area contributed by atoms with Crippen molar-refractivity contribution in [2.75, 3.05) is 25.0 Å². The molecule has 3 rings (SSSR count). The topological polar surface area (TPSA) is 61.4 Å². The summed E-state index contributed by atoms with van der Waals surface area (Å²) in [6.45, 7) is 2.43. The summed E-state index contributed by atoms with van der Waals surface area (Å²) in [5.41, 5.74) is 1.87. The molecule has 0 spiro atoms. The van der Waals surface area contributed by atoms with Crippen LogP contribution in [-0.2, 0) is 17.6 Å². The Morgan fingerprint density at radius 1 is 1.04 bits per heavy atom. The lowest BCUT2D eigenvalue weighted by atomic mass is 10.1. The van der Waals surface area contributed by atoms with E-state index >= 15 is 0 Å². The fourth-order valence-corrected chi connectivity index (χ4v) is 3.77. The summed E-state index contributed by atoms with van der Waals surface area (Å²) in [7, 11) is 0. The van der Waals surface area contributed by atoms with Gasteiger partial charge in [-0.05, 0) is 54.8 Å². The summed E-state index contributed by atoms with van der Waals surface area (Å²) in [6.07, 6.45) is 4.39. The first-order valence-electron chi connectivity index (χ1n) is 9.15. The highest BCUT2D eigenvalue weighted by Gasteiger charge is 2.17. The van der Waals surface area contributed by atoms with Crippen LogP contribution in [0.15, 0.2) is 41.8 Å². The molecule has 1 aromatic heterocycles. The van der Waals surface area contributed by atoms with Crippen molar-refractivity contribution in [3.8, 4) is 0 Å². The van der Waals surface area contributed by atoms with Gasteiger partial charge in [-0.25, -0.2) is 4.79 Å². The summed E-state index contributed by atoms with van der Waals surface area (Å²) >= 11 is 1.70. The molecule has 0 saturated carbocycles. The lowest BCUT2D eigenvalue weighted by Gasteiger charge is -2.15. The van der Waals surface area contributed by atoms with Gasteiger partial charge < -0.3 is 15.5 Å². The number of hydrogen-bond acceptors (Lipinski definition) is 3. The SMILES string of the molecule is O=C(NCCc1cccs1)Nc1ccc(CCC(=O)N2CCCC2)cc1. The molecular formula is C20H25N3O2S. The number of nitrogens with zero attached hydrogens (tertiary/aromatic N) is 1. The van der Waals surface area contributed by atoms with Crippen LogP contribution in [0.25, 0.3) is 0 Å². The first-order valence-corrected chi connectivity index (χ1v) is 10.0. The van der Waals surface area contributed by atoms with Crippen molar-refractivity contribution in [3.05, 3.63) is 52.2 Å². The molecule has 2 N–H and O–H groups in total. The van der Waals surface area contributed by atoms with Crippen LogP contribution in [0, 0.1) is 0 Å². The van der Waals surface area contributed by atoms with E-state index in [2.05, 4.69) is 16.7 Å². The van der Waals surface area contributed by atoms with Crippen LogP contribution in [0.2, 0.25) is 0 Å². The Bertz CT molecular complexity index is 707. The van der Waals surface area contributed by atoms with Gasteiger partial charge in [0.1, 0.15) is 0 Å². The first kappa shape index (κ1) is 18.5. The molecule has 0 radical (unpaired) electrons. The van der Waals surface area contributed by atoms with E-state index in [1.54, 1.807) is 11.3 Å². The second-order valence-electron chi connectivity index (χ2n) is 6.50. The zero-order valence-electron chi connectivity index (χ0n) is 14.9. The summed E-state index contributed by atoms with van der Waals surface area (Å²) in [6, 6.07) is 11.6. The molecule has 0 atom stereocenters. The summed E-state index contributed by atoms with van der Waals surface area (Å²) in [4.78, 5) is 27.2. The maximum Gasteiger partial charge on any atom is 0.319 e. The van der Waals surface area contributed by atoms with E-state index in [0.29, 0.717) is 13.0 Å². The molecule has 1 aliphatic heterocycles. The Hall–Kier alpha value is -2.34. The van der Waals surface area contributed by atoms with Gasteiger partial charge in [-0.15, -0.1) is 11.3 Å². The van der Waals surface area contributed by atoms with Gasteiger partial charge in [0.2, 0.25) is 5.91 Å². The number of amides is 3. The molecule has 3 amide bonds. The Kier molecular flexibility index (Phi) is 6.66. The standard InChI is InChI=1S/C20H25N3O2S/c24-19(23-13-1-2-14-23)10-7-16-5-8-17(9-6-16)22-20(25)21-12-11-18-4-3-15-26-18/h3-6,8-9,15H,1-2,7,10-14H2,(H2,21,22,25). The fraction of sp³-hybridized carbons (Fsp3) is 0.400. The normalized spacial score (nSPS) is 13.6. The number of carbonyl (C=O) groups excluding carboxylic acids is 2. The predicted octanol–water partition coefficient (Wildman–Crippen LogP) is 3.67. The molecule has 26 heavy (non-hydrogen) atoms. The van der Waals surface area contributed by atoms with Gasteiger partial charge >= 0.3 is 6.03 Å². The molecule has 1 fully saturated rings. The van der Waals surface area contributed by atoms with Crippen molar-refractivity contribution in [3.63, 3.8) is 0 Å². The summed E-state index contributed by atoms with van der Waals surface area (Å²) in [5, 5.41) is 7.74. The molecular weight excluding hydrogens is 346 g/mol. The number of thiophene rings is 1. The molecule has 1 aliphatic rings. The van der Waals surface area contributed by atoms with Gasteiger partial charge in [0.05, 0.1) is 0 Å². The number of carbonyl (C=O) groups is 2. The minimum Gasteiger partial charge on any atom is -0.343 e. The molecule has 138 valence electrons. The molecule has 0 unspecified atom stereocenters. The summed E-state index contributed by atoms with van der Waals surface area (Å²) < 4.78 is 0. The molecule has 0 bridgehead atoms. The number of urea groups is 1. The second kappa shape index (κ2) is 9.38. The Morgan fingerprint density at radius 3 is 2.50 bits per heavy atom. The third-order valence-corrected chi connectivity index (χ3v) is 5.47. The van der Waals surface area contributed by atoms with Crippen LogP contribution >= 0.6 is 11.3 Å². The fourth-order valence-electron chi connectivity index (χ4n) is 3.06. The molecule has 1 saturated heterocycles. The number of anilines is 1. The zero-order chi connectivity index (χ0) is 18.2. The van der Waals surface area contributed by atoms with E-state index in [1.165, 1.54) is 4.88 Å². The highest BCUT2D eigenvalue weighted by atomic mass is 32.1. The number of aryl methyl sites for hydroxylation is 1. The number of likely N-dealkylation sites (tertiary alicyclic amines) is 1. The monoisotopic (exact) mass is 371 g/mol. The second-order valence-corrected chi connectivity index (χ2v) is 7.53. The third-order valence-electron chi connectivity index (χ3n) is 4.54. The quantitative estimate of drug-likeness (QED) is 0.780. The third kappa shape index (κ3) is 5.59. The van der Waals surface area contributed by atoms with Gasteiger partial charge in [0, 0.05) is 36.6 Å². The van der Waals surface area contributed by atoms with Crippen molar-refractivity contribution >= 4 is 29.0 Å². The van der Waals surface area contributed by atoms with Crippen molar-refractivity contribution < 1.29 is 9.59 Å². The Labute approximate surface area is 158 Å². The van der Waals surface area contributed by atoms with E-state index in [0.717, 1.165) is 50.0 Å². The van der Waals surface area contributed by atoms with Crippen molar-refractivity contribution in [1.29, 1.82) is 0 Å². The van der Waals surface area contributed by atoms with E-state index in [-0.39, 0.29) is 11.9 Å². The number of benzene rings is 1. The lowest BCUT2D eigenvalue weighted by Crippen LogP contribution is -2.30. The lowest BCUT2D eigenvalue weighted by molar-refractivity contribution is -0.130. The largest absolute Gasteiger partial charge is 0.343 e. The van der Waals surface area contributed by atoms with Gasteiger partial charge in [-0.2, -0.15) is 0 Å². The van der Waals surface area contributed by atoms with Crippen molar-refractivity contribution in [1.82, 2.24) is 10.2 Å². The minimum absolute atomic E-state index is 0.196. The number of hydrogen-bond donors (Lipinski definition) is 2. The predicted molar refractivity (Wildman–Crippen MR) is 106 cm³/mol. The summed E-state index contributed by atoms with van der Waals surface area (Å²) in [5.74, 6) is 0.245. The molecule has 0 aliphatic carbocycles. The van der Waals surface area contributed by atoms with Gasteiger partial charge in [-0.1, -0.05) is 18.2 Å². The molecule has 2 aromatic rings. The highest BCUT2D eigenvalue weighted by Crippen LogP contribution is 2.14.